The molecule has 9 nitrogen and oxygen atoms in total. The van der Waals surface area contributed by atoms with Crippen LogP contribution in [-0.4, -0.2) is 50.0 Å². The number of benzene rings is 2. The van der Waals surface area contributed by atoms with Gasteiger partial charge in [0.25, 0.3) is 0 Å². The Labute approximate surface area is 231 Å². The van der Waals surface area contributed by atoms with Crippen LogP contribution in [0.5, 0.6) is 11.5 Å². The van der Waals surface area contributed by atoms with E-state index in [1.807, 2.05) is 51.1 Å². The number of carbonyl (C=O) groups excluding carboxylic acids is 2. The Morgan fingerprint density at radius 3 is 2.59 bits per heavy atom. The lowest BCUT2D eigenvalue weighted by atomic mass is 10.0. The molecule has 5 rings (SSSR count). The van der Waals surface area contributed by atoms with Gasteiger partial charge in [0.2, 0.25) is 0 Å². The van der Waals surface area contributed by atoms with E-state index in [1.165, 1.54) is 6.33 Å². The Morgan fingerprint density at radius 2 is 1.85 bits per heavy atom. The van der Waals surface area contributed by atoms with E-state index in [4.69, 9.17) is 21.1 Å². The van der Waals surface area contributed by atoms with E-state index in [0.29, 0.717) is 52.4 Å². The summed E-state index contributed by atoms with van der Waals surface area (Å²) in [6, 6.07) is 14.3. The van der Waals surface area contributed by atoms with Gasteiger partial charge in [0.15, 0.2) is 5.78 Å². The molecule has 10 heteroatoms. The summed E-state index contributed by atoms with van der Waals surface area (Å²) in [6.45, 7) is 6.09. The molecular formula is C29H30ClN5O4. The molecule has 1 unspecified atom stereocenters. The molecule has 202 valence electrons. The zero-order chi connectivity index (χ0) is 27.6. The second kappa shape index (κ2) is 10.9. The third-order valence-electron chi connectivity index (χ3n) is 6.31. The monoisotopic (exact) mass is 547 g/mol. The van der Waals surface area contributed by atoms with E-state index in [-0.39, 0.29) is 23.1 Å². The van der Waals surface area contributed by atoms with E-state index < -0.39 is 5.60 Å². The van der Waals surface area contributed by atoms with Crippen LogP contribution in [0.15, 0.2) is 61.1 Å². The topological polar surface area (TPSA) is 109 Å². The number of fused-ring (bicyclic) bond motifs is 1. The van der Waals surface area contributed by atoms with Gasteiger partial charge < -0.3 is 19.8 Å². The third-order valence-corrected chi connectivity index (χ3v) is 6.63. The highest BCUT2D eigenvalue weighted by molar-refractivity contribution is 6.35. The Morgan fingerprint density at radius 1 is 1.05 bits per heavy atom. The number of rotatable bonds is 6. The molecule has 1 aliphatic heterocycles. The van der Waals surface area contributed by atoms with E-state index in [0.717, 1.165) is 12.8 Å². The average molecular weight is 548 g/mol. The van der Waals surface area contributed by atoms with Crippen molar-refractivity contribution in [3.05, 3.63) is 77.2 Å². The molecular weight excluding hydrogens is 518 g/mol. The number of anilines is 1. The highest BCUT2D eigenvalue weighted by Crippen LogP contribution is 2.32. The number of likely N-dealkylation sites (tertiary alicyclic amines) is 1. The van der Waals surface area contributed by atoms with Crippen molar-refractivity contribution >= 4 is 40.3 Å². The summed E-state index contributed by atoms with van der Waals surface area (Å²) in [7, 11) is 0. The molecule has 1 amide bonds. The number of para-hydroxylation sites is 1. The fourth-order valence-electron chi connectivity index (χ4n) is 4.54. The zero-order valence-corrected chi connectivity index (χ0v) is 22.8. The lowest BCUT2D eigenvalue weighted by Gasteiger charge is -2.37. The number of halogens is 1. The molecule has 1 saturated heterocycles. The normalized spacial score (nSPS) is 15.7. The van der Waals surface area contributed by atoms with Crippen LogP contribution in [0.25, 0.3) is 11.0 Å². The van der Waals surface area contributed by atoms with Gasteiger partial charge in [-0.1, -0.05) is 29.8 Å². The molecule has 39 heavy (non-hydrogen) atoms. The van der Waals surface area contributed by atoms with Crippen molar-refractivity contribution in [3.63, 3.8) is 0 Å². The van der Waals surface area contributed by atoms with Crippen LogP contribution in [0.4, 0.5) is 10.6 Å². The molecule has 0 radical (unpaired) electrons. The lowest BCUT2D eigenvalue weighted by Crippen LogP contribution is -2.49. The van der Waals surface area contributed by atoms with Crippen molar-refractivity contribution in [2.24, 2.45) is 0 Å². The molecule has 3 heterocycles. The number of amides is 1. The maximum atomic E-state index is 13.7. The average Bonchev–Trinajstić information content (AvgIpc) is 3.34. The number of aromatic amines is 1. The molecule has 1 fully saturated rings. The lowest BCUT2D eigenvalue weighted by molar-refractivity contribution is 0.0130. The largest absolute Gasteiger partial charge is 0.457 e. The number of ether oxygens (including phenoxy) is 2. The molecule has 1 aliphatic rings. The van der Waals surface area contributed by atoms with E-state index in [9.17, 15) is 9.59 Å². The Kier molecular flexibility index (Phi) is 7.43. The summed E-state index contributed by atoms with van der Waals surface area (Å²) in [5.74, 6) is 1.35. The summed E-state index contributed by atoms with van der Waals surface area (Å²) in [4.78, 5) is 40.1. The van der Waals surface area contributed by atoms with Gasteiger partial charge in [0.05, 0.1) is 16.0 Å². The van der Waals surface area contributed by atoms with Gasteiger partial charge in [-0.25, -0.2) is 14.8 Å². The molecule has 1 atom stereocenters. The van der Waals surface area contributed by atoms with Gasteiger partial charge in [0, 0.05) is 24.4 Å². The first-order chi connectivity index (χ1) is 18.7. The minimum atomic E-state index is -0.609. The smallest absolute Gasteiger partial charge is 0.411 e. The van der Waals surface area contributed by atoms with Crippen molar-refractivity contribution in [2.45, 2.75) is 51.8 Å². The van der Waals surface area contributed by atoms with Gasteiger partial charge in [-0.3, -0.25) is 9.69 Å². The maximum absolute atomic E-state index is 13.7. The van der Waals surface area contributed by atoms with Gasteiger partial charge in [0.1, 0.15) is 41.1 Å². The van der Waals surface area contributed by atoms with E-state index in [2.05, 4.69) is 20.3 Å². The zero-order valence-electron chi connectivity index (χ0n) is 22.0. The van der Waals surface area contributed by atoms with Crippen LogP contribution < -0.4 is 10.1 Å². The summed E-state index contributed by atoms with van der Waals surface area (Å²) in [6.07, 6.45) is 4.82. The Balaban J connectivity index is 1.42. The standard InChI is InChI=1S/C29H30ClN5O4/c1-29(2,3)39-28(37)35-14-8-7-11-23(35)34-27-24-21(16-31-26(24)32-17-33-27)25(36)20-13-12-19(15-22(20)30)38-18-9-5-4-6-10-18/h4-6,9-10,12-13,15-17,23H,7-8,11,14H2,1-3H3,(H2,31,32,33,34). The van der Waals surface area contributed by atoms with Gasteiger partial charge in [-0.15, -0.1) is 0 Å². The highest BCUT2D eigenvalue weighted by Gasteiger charge is 2.31. The van der Waals surface area contributed by atoms with Crippen LogP contribution in [0.2, 0.25) is 5.02 Å². The molecule has 4 aromatic rings. The molecule has 2 aromatic heterocycles. The number of H-pyrrole nitrogens is 1. The van der Waals surface area contributed by atoms with Crippen LogP contribution >= 0.6 is 11.6 Å². The van der Waals surface area contributed by atoms with Crippen LogP contribution in [0, 0.1) is 0 Å². The number of nitrogens with one attached hydrogen (secondary N) is 2. The first-order valence-corrected chi connectivity index (χ1v) is 13.2. The summed E-state index contributed by atoms with van der Waals surface area (Å²) in [5, 5.41) is 4.16. The minimum Gasteiger partial charge on any atom is -0.457 e. The van der Waals surface area contributed by atoms with Crippen molar-refractivity contribution in [2.75, 3.05) is 11.9 Å². The predicted octanol–water partition coefficient (Wildman–Crippen LogP) is 6.79. The SMILES string of the molecule is CC(C)(C)OC(=O)N1CCCCC1Nc1ncnc2[nH]cc(C(=O)c3ccc(Oc4ccccc4)cc3Cl)c12. The fourth-order valence-corrected chi connectivity index (χ4v) is 4.80. The quantitative estimate of drug-likeness (QED) is 0.256. The number of nitrogens with zero attached hydrogens (tertiary/aromatic N) is 3. The van der Waals surface area contributed by atoms with Crippen LogP contribution in [0.1, 0.15) is 56.0 Å². The number of piperidine rings is 1. The Hall–Kier alpha value is -4.11. The molecule has 0 saturated carbocycles. The second-order valence-corrected chi connectivity index (χ2v) is 10.8. The van der Waals surface area contributed by atoms with Crippen molar-refractivity contribution < 1.29 is 19.1 Å². The van der Waals surface area contributed by atoms with Crippen molar-refractivity contribution in [1.29, 1.82) is 0 Å². The summed E-state index contributed by atoms with van der Waals surface area (Å²) in [5.41, 5.74) is 0.574. The van der Waals surface area contributed by atoms with Gasteiger partial charge in [-0.05, 0) is 64.3 Å². The van der Waals surface area contributed by atoms with E-state index in [1.54, 1.807) is 29.3 Å². The number of carbonyl (C=O) groups is 2. The second-order valence-electron chi connectivity index (χ2n) is 10.4. The van der Waals surface area contributed by atoms with Gasteiger partial charge in [-0.2, -0.15) is 0 Å². The summed E-state index contributed by atoms with van der Waals surface area (Å²) >= 11 is 6.54. The van der Waals surface area contributed by atoms with Crippen LogP contribution in [-0.2, 0) is 4.74 Å². The summed E-state index contributed by atoms with van der Waals surface area (Å²) < 4.78 is 11.5. The molecule has 0 spiro atoms. The molecule has 0 bridgehead atoms. The van der Waals surface area contributed by atoms with Crippen molar-refractivity contribution in [1.82, 2.24) is 19.9 Å². The molecule has 0 aliphatic carbocycles. The maximum Gasteiger partial charge on any atom is 0.411 e. The number of hydrogen-bond donors (Lipinski definition) is 2. The van der Waals surface area contributed by atoms with E-state index >= 15 is 0 Å². The first-order valence-electron chi connectivity index (χ1n) is 12.8. The number of aromatic nitrogens is 3. The number of hydrogen-bond acceptors (Lipinski definition) is 7. The van der Waals surface area contributed by atoms with Gasteiger partial charge >= 0.3 is 6.09 Å². The minimum absolute atomic E-state index is 0.262. The number of ketones is 1. The first kappa shape index (κ1) is 26.5. The molecule has 2 aromatic carbocycles. The predicted molar refractivity (Wildman–Crippen MR) is 149 cm³/mol. The van der Waals surface area contributed by atoms with Crippen LogP contribution in [0.3, 0.4) is 0 Å². The fraction of sp³-hybridized carbons (Fsp3) is 0.310. The Bertz CT molecular complexity index is 1500. The van der Waals surface area contributed by atoms with Crippen molar-refractivity contribution in [3.8, 4) is 11.5 Å². The third kappa shape index (κ3) is 5.98. The highest BCUT2D eigenvalue weighted by atomic mass is 35.5. The molecule has 2 N–H and O–H groups in total.